The van der Waals surface area contributed by atoms with Crippen LogP contribution in [0.5, 0.6) is 0 Å². The van der Waals surface area contributed by atoms with Crippen molar-refractivity contribution >= 4 is 17.9 Å². The summed E-state index contributed by atoms with van der Waals surface area (Å²) in [6.45, 7) is 5.36. The molecule has 1 aliphatic rings. The Bertz CT molecular complexity index is 507. The normalized spacial score (nSPS) is 19.0. The van der Waals surface area contributed by atoms with E-state index >= 15 is 0 Å². The van der Waals surface area contributed by atoms with Gasteiger partial charge in [0.25, 0.3) is 0 Å². The Balaban J connectivity index is 2.01. The van der Waals surface area contributed by atoms with Gasteiger partial charge in [-0.15, -0.1) is 0 Å². The highest BCUT2D eigenvalue weighted by Gasteiger charge is 2.34. The molecule has 2 rings (SSSR count). The number of amides is 1. The largest absolute Gasteiger partial charge is 0.444 e. The third-order valence-corrected chi connectivity index (χ3v) is 3.93. The van der Waals surface area contributed by atoms with Gasteiger partial charge < -0.3 is 10.1 Å². The van der Waals surface area contributed by atoms with Crippen molar-refractivity contribution in [2.45, 2.75) is 44.1 Å². The molecule has 1 saturated heterocycles. The van der Waals surface area contributed by atoms with Crippen LogP contribution in [0.3, 0.4) is 0 Å². The summed E-state index contributed by atoms with van der Waals surface area (Å²) in [4.78, 5) is 11.8. The number of thioether (sulfide) groups is 1. The minimum absolute atomic E-state index is 0.189. The van der Waals surface area contributed by atoms with Gasteiger partial charge in [0.1, 0.15) is 17.2 Å². The molecule has 0 spiro atoms. The van der Waals surface area contributed by atoms with Crippen molar-refractivity contribution in [3.05, 3.63) is 35.4 Å². The summed E-state index contributed by atoms with van der Waals surface area (Å²) in [5, 5.41) is 3.06. The van der Waals surface area contributed by atoms with Crippen molar-refractivity contribution in [3.63, 3.8) is 0 Å². The van der Waals surface area contributed by atoms with Gasteiger partial charge in [-0.25, -0.2) is 13.6 Å². The molecule has 2 atom stereocenters. The van der Waals surface area contributed by atoms with E-state index in [4.69, 9.17) is 4.74 Å². The highest BCUT2D eigenvalue weighted by Crippen LogP contribution is 2.34. The van der Waals surface area contributed by atoms with E-state index < -0.39 is 23.3 Å². The number of carbonyl (C=O) groups excluding carboxylic acids is 1. The fourth-order valence-corrected chi connectivity index (χ4v) is 2.74. The number of hydrogen-bond donors (Lipinski definition) is 1. The summed E-state index contributed by atoms with van der Waals surface area (Å²) in [6, 6.07) is 3.23. The van der Waals surface area contributed by atoms with E-state index in [1.807, 2.05) is 0 Å². The van der Waals surface area contributed by atoms with Gasteiger partial charge >= 0.3 is 6.09 Å². The molecule has 1 amide bonds. The Kier molecular flexibility index (Phi) is 4.76. The predicted octanol–water partition coefficient (Wildman–Crippen LogP) is 3.52. The minimum Gasteiger partial charge on any atom is -0.444 e. The van der Waals surface area contributed by atoms with E-state index in [0.29, 0.717) is 12.0 Å². The highest BCUT2D eigenvalue weighted by atomic mass is 32.2. The maximum atomic E-state index is 13.2. The molecule has 1 heterocycles. The Hall–Kier alpha value is -1.30. The van der Waals surface area contributed by atoms with Gasteiger partial charge in [0.2, 0.25) is 0 Å². The van der Waals surface area contributed by atoms with Gasteiger partial charge in [-0.05, 0) is 44.9 Å². The number of rotatable bonds is 4. The van der Waals surface area contributed by atoms with Crippen molar-refractivity contribution in [1.29, 1.82) is 0 Å². The molecule has 1 aromatic rings. The molecule has 21 heavy (non-hydrogen) atoms. The number of carbonyl (C=O) groups is 1. The zero-order valence-corrected chi connectivity index (χ0v) is 13.1. The maximum absolute atomic E-state index is 13.2. The molecule has 0 bridgehead atoms. The Morgan fingerprint density at radius 1 is 1.38 bits per heavy atom. The fourth-order valence-electron chi connectivity index (χ4n) is 2.00. The van der Waals surface area contributed by atoms with Crippen LogP contribution in [0, 0.1) is 11.6 Å². The molecule has 0 radical (unpaired) electrons. The number of benzene rings is 1. The second-order valence-corrected chi connectivity index (χ2v) is 7.38. The van der Waals surface area contributed by atoms with Crippen molar-refractivity contribution in [1.82, 2.24) is 5.32 Å². The quantitative estimate of drug-likeness (QED) is 0.864. The van der Waals surface area contributed by atoms with E-state index in [1.165, 1.54) is 12.1 Å². The van der Waals surface area contributed by atoms with Crippen LogP contribution in [0.4, 0.5) is 13.6 Å². The average molecular weight is 315 g/mol. The number of alkyl carbamates (subject to hydrolysis) is 1. The second-order valence-electron chi connectivity index (χ2n) is 6.11. The molecule has 6 heteroatoms. The van der Waals surface area contributed by atoms with Crippen molar-refractivity contribution in [3.8, 4) is 0 Å². The Morgan fingerprint density at radius 2 is 1.95 bits per heavy atom. The van der Waals surface area contributed by atoms with E-state index in [9.17, 15) is 13.6 Å². The van der Waals surface area contributed by atoms with Gasteiger partial charge in [0, 0.05) is 23.1 Å². The molecular weight excluding hydrogens is 296 g/mol. The first-order chi connectivity index (χ1) is 9.73. The zero-order valence-electron chi connectivity index (χ0n) is 12.3. The van der Waals surface area contributed by atoms with Crippen LogP contribution in [0.2, 0.25) is 0 Å². The standard InChI is InChI=1S/C15H19F2NO2S/c1-15(2,3)20-14(19)18-12(13-8-21-13)6-9-4-10(16)7-11(17)5-9/h4-5,7,12-13H,6,8H2,1-3H3,(H,18,19). The third kappa shape index (κ3) is 5.53. The molecule has 1 aromatic carbocycles. The Labute approximate surface area is 127 Å². The van der Waals surface area contributed by atoms with Gasteiger partial charge in [-0.2, -0.15) is 11.8 Å². The van der Waals surface area contributed by atoms with E-state index in [1.54, 1.807) is 32.5 Å². The van der Waals surface area contributed by atoms with Crippen LogP contribution in [0.1, 0.15) is 26.3 Å². The maximum Gasteiger partial charge on any atom is 0.407 e. The molecular formula is C15H19F2NO2S. The molecule has 2 unspecified atom stereocenters. The van der Waals surface area contributed by atoms with Crippen LogP contribution < -0.4 is 5.32 Å². The number of ether oxygens (including phenoxy) is 1. The lowest BCUT2D eigenvalue weighted by Crippen LogP contribution is -2.42. The molecule has 1 fully saturated rings. The van der Waals surface area contributed by atoms with E-state index in [2.05, 4.69) is 5.32 Å². The molecule has 1 N–H and O–H groups in total. The third-order valence-electron chi connectivity index (χ3n) is 2.89. The molecule has 0 saturated carbocycles. The lowest BCUT2D eigenvalue weighted by atomic mass is 10.0. The monoisotopic (exact) mass is 315 g/mol. The number of halogens is 2. The van der Waals surface area contributed by atoms with Crippen LogP contribution >= 0.6 is 11.8 Å². The summed E-state index contributed by atoms with van der Waals surface area (Å²) in [5.74, 6) is -0.285. The van der Waals surface area contributed by atoms with Crippen molar-refractivity contribution in [2.24, 2.45) is 0 Å². The lowest BCUT2D eigenvalue weighted by Gasteiger charge is -2.23. The van der Waals surface area contributed by atoms with Gasteiger partial charge in [-0.1, -0.05) is 0 Å². The molecule has 3 nitrogen and oxygen atoms in total. The fraction of sp³-hybridized carbons (Fsp3) is 0.533. The zero-order chi connectivity index (χ0) is 15.6. The molecule has 116 valence electrons. The number of hydrogen-bond acceptors (Lipinski definition) is 3. The second kappa shape index (κ2) is 6.22. The minimum atomic E-state index is -0.607. The van der Waals surface area contributed by atoms with Gasteiger partial charge in [0.05, 0.1) is 0 Å². The SMILES string of the molecule is CC(C)(C)OC(=O)NC(Cc1cc(F)cc(F)c1)C1CS1. The lowest BCUT2D eigenvalue weighted by molar-refractivity contribution is 0.0506. The van der Waals surface area contributed by atoms with Crippen LogP contribution in [-0.4, -0.2) is 28.7 Å². The van der Waals surface area contributed by atoms with Gasteiger partial charge in [0.15, 0.2) is 0 Å². The summed E-state index contributed by atoms with van der Waals surface area (Å²) in [5.41, 5.74) is -0.0444. The van der Waals surface area contributed by atoms with Crippen LogP contribution in [-0.2, 0) is 11.2 Å². The number of nitrogens with one attached hydrogen (secondary N) is 1. The molecule has 0 aliphatic carbocycles. The summed E-state index contributed by atoms with van der Waals surface area (Å²) < 4.78 is 31.7. The van der Waals surface area contributed by atoms with E-state index in [-0.39, 0.29) is 11.3 Å². The summed E-state index contributed by atoms with van der Waals surface area (Å²) in [6.07, 6.45) is -0.122. The first-order valence-corrected chi connectivity index (χ1v) is 7.84. The van der Waals surface area contributed by atoms with Crippen molar-refractivity contribution < 1.29 is 18.3 Å². The van der Waals surface area contributed by atoms with Gasteiger partial charge in [-0.3, -0.25) is 0 Å². The summed E-state index contributed by atoms with van der Waals surface area (Å²) in [7, 11) is 0. The Morgan fingerprint density at radius 3 is 2.43 bits per heavy atom. The smallest absolute Gasteiger partial charge is 0.407 e. The van der Waals surface area contributed by atoms with Crippen LogP contribution in [0.15, 0.2) is 18.2 Å². The predicted molar refractivity (Wildman–Crippen MR) is 79.5 cm³/mol. The first-order valence-electron chi connectivity index (χ1n) is 6.79. The van der Waals surface area contributed by atoms with Crippen molar-refractivity contribution in [2.75, 3.05) is 5.75 Å². The van der Waals surface area contributed by atoms with Crippen LogP contribution in [0.25, 0.3) is 0 Å². The molecule has 0 aromatic heterocycles. The molecule has 1 aliphatic heterocycles. The van der Waals surface area contributed by atoms with E-state index in [0.717, 1.165) is 11.8 Å². The highest BCUT2D eigenvalue weighted by molar-refractivity contribution is 8.07. The topological polar surface area (TPSA) is 38.3 Å². The summed E-state index contributed by atoms with van der Waals surface area (Å²) >= 11 is 1.71. The first kappa shape index (κ1) is 16.1. The average Bonchev–Trinajstić information content (AvgIpc) is 3.06.